The Hall–Kier alpha value is -2.30. The third kappa shape index (κ3) is 1.11. The number of aromatic amines is 1. The van der Waals surface area contributed by atoms with Crippen molar-refractivity contribution >= 4 is 33.4 Å². The van der Waals surface area contributed by atoms with Crippen LogP contribution in [0.4, 0.5) is 11.5 Å². The van der Waals surface area contributed by atoms with E-state index in [2.05, 4.69) is 20.3 Å². The number of hydrogen-bond donors (Lipinski definition) is 3. The van der Waals surface area contributed by atoms with Crippen LogP contribution >= 0.6 is 0 Å². The van der Waals surface area contributed by atoms with Crippen LogP contribution in [0.25, 0.3) is 21.9 Å². The summed E-state index contributed by atoms with van der Waals surface area (Å²) in [6.45, 7) is 0. The van der Waals surface area contributed by atoms with Crippen molar-refractivity contribution in [2.24, 2.45) is 0 Å². The zero-order valence-electron chi connectivity index (χ0n) is 8.78. The second kappa shape index (κ2) is 3.10. The standard InChI is InChI=1S/C11H11N5/c1-13-6-2-3-8-7(4-6)9-10(16-8)11(12)15-5-14-9/h2-5,13,16H,1H3,(H2,12,14,15). The van der Waals surface area contributed by atoms with E-state index in [0.29, 0.717) is 5.82 Å². The molecule has 4 N–H and O–H groups in total. The SMILES string of the molecule is CNc1ccc2[nH]c3c(N)ncnc3c2c1. The first kappa shape index (κ1) is 8.96. The van der Waals surface area contributed by atoms with Crippen molar-refractivity contribution in [2.45, 2.75) is 0 Å². The molecule has 0 atom stereocenters. The van der Waals surface area contributed by atoms with Crippen LogP contribution < -0.4 is 11.1 Å². The summed E-state index contributed by atoms with van der Waals surface area (Å²) in [5, 5.41) is 4.15. The van der Waals surface area contributed by atoms with Gasteiger partial charge >= 0.3 is 0 Å². The topological polar surface area (TPSA) is 79.6 Å². The van der Waals surface area contributed by atoms with E-state index in [1.54, 1.807) is 0 Å². The molecule has 0 aliphatic rings. The fourth-order valence-corrected chi connectivity index (χ4v) is 1.87. The molecule has 2 aromatic heterocycles. The number of nitrogens with zero attached hydrogens (tertiary/aromatic N) is 2. The fourth-order valence-electron chi connectivity index (χ4n) is 1.87. The third-order valence-corrected chi connectivity index (χ3v) is 2.70. The van der Waals surface area contributed by atoms with Gasteiger partial charge in [0.25, 0.3) is 0 Å². The van der Waals surface area contributed by atoms with E-state index in [1.165, 1.54) is 6.33 Å². The second-order valence-electron chi connectivity index (χ2n) is 3.62. The fraction of sp³-hybridized carbons (Fsp3) is 0.0909. The van der Waals surface area contributed by atoms with Crippen LogP contribution in [-0.2, 0) is 0 Å². The van der Waals surface area contributed by atoms with Crippen LogP contribution in [0, 0.1) is 0 Å². The Morgan fingerprint density at radius 1 is 1.31 bits per heavy atom. The minimum atomic E-state index is 0.479. The summed E-state index contributed by atoms with van der Waals surface area (Å²) in [5.41, 5.74) is 9.51. The molecule has 1 aromatic carbocycles. The highest BCUT2D eigenvalue weighted by atomic mass is 14.9. The number of benzene rings is 1. The van der Waals surface area contributed by atoms with Gasteiger partial charge in [0, 0.05) is 23.6 Å². The third-order valence-electron chi connectivity index (χ3n) is 2.70. The monoisotopic (exact) mass is 213 g/mol. The average molecular weight is 213 g/mol. The van der Waals surface area contributed by atoms with E-state index < -0.39 is 0 Å². The molecule has 2 heterocycles. The van der Waals surface area contributed by atoms with Crippen LogP contribution in [0.5, 0.6) is 0 Å². The van der Waals surface area contributed by atoms with Gasteiger partial charge in [-0.1, -0.05) is 0 Å². The number of hydrogen-bond acceptors (Lipinski definition) is 4. The highest BCUT2D eigenvalue weighted by molar-refractivity contribution is 6.08. The number of nitrogen functional groups attached to an aromatic ring is 1. The normalized spacial score (nSPS) is 11.1. The van der Waals surface area contributed by atoms with E-state index in [9.17, 15) is 0 Å². The Balaban J connectivity index is 2.47. The van der Waals surface area contributed by atoms with Crippen LogP contribution in [0.2, 0.25) is 0 Å². The Labute approximate surface area is 91.7 Å². The molecule has 0 saturated carbocycles. The number of H-pyrrole nitrogens is 1. The maximum Gasteiger partial charge on any atom is 0.151 e. The highest BCUT2D eigenvalue weighted by Gasteiger charge is 2.08. The van der Waals surface area contributed by atoms with Crippen molar-refractivity contribution in [1.82, 2.24) is 15.0 Å². The van der Waals surface area contributed by atoms with Gasteiger partial charge in [-0.3, -0.25) is 0 Å². The van der Waals surface area contributed by atoms with Crippen LogP contribution in [-0.4, -0.2) is 22.0 Å². The van der Waals surface area contributed by atoms with Gasteiger partial charge in [-0.25, -0.2) is 9.97 Å². The van der Waals surface area contributed by atoms with Gasteiger partial charge in [0.15, 0.2) is 5.82 Å². The summed E-state index contributed by atoms with van der Waals surface area (Å²) in [6.07, 6.45) is 1.48. The maximum absolute atomic E-state index is 5.79. The molecule has 0 unspecified atom stereocenters. The summed E-state index contributed by atoms with van der Waals surface area (Å²) in [6, 6.07) is 6.05. The molecule has 0 saturated heterocycles. The van der Waals surface area contributed by atoms with Gasteiger partial charge in [-0.15, -0.1) is 0 Å². The number of rotatable bonds is 1. The van der Waals surface area contributed by atoms with Crippen molar-refractivity contribution in [1.29, 1.82) is 0 Å². The molecule has 0 aliphatic heterocycles. The Kier molecular flexibility index (Phi) is 1.73. The summed E-state index contributed by atoms with van der Waals surface area (Å²) in [7, 11) is 1.89. The lowest BCUT2D eigenvalue weighted by Crippen LogP contribution is -1.91. The molecule has 0 spiro atoms. The van der Waals surface area contributed by atoms with Crippen molar-refractivity contribution in [2.75, 3.05) is 18.1 Å². The zero-order valence-corrected chi connectivity index (χ0v) is 8.78. The lowest BCUT2D eigenvalue weighted by molar-refractivity contribution is 1.23. The maximum atomic E-state index is 5.79. The first-order chi connectivity index (χ1) is 7.79. The first-order valence-electron chi connectivity index (χ1n) is 4.99. The summed E-state index contributed by atoms with van der Waals surface area (Å²) < 4.78 is 0. The quantitative estimate of drug-likeness (QED) is 0.575. The lowest BCUT2D eigenvalue weighted by atomic mass is 10.2. The smallest absolute Gasteiger partial charge is 0.151 e. The first-order valence-corrected chi connectivity index (χ1v) is 4.99. The summed E-state index contributed by atoms with van der Waals surface area (Å²) >= 11 is 0. The number of fused-ring (bicyclic) bond motifs is 3. The second-order valence-corrected chi connectivity index (χ2v) is 3.62. The summed E-state index contributed by atoms with van der Waals surface area (Å²) in [4.78, 5) is 11.4. The van der Waals surface area contributed by atoms with Crippen LogP contribution in [0.3, 0.4) is 0 Å². The van der Waals surface area contributed by atoms with Gasteiger partial charge in [0.1, 0.15) is 17.4 Å². The molecule has 0 fully saturated rings. The number of nitrogens with two attached hydrogens (primary N) is 1. The van der Waals surface area contributed by atoms with Gasteiger partial charge < -0.3 is 16.0 Å². The minimum Gasteiger partial charge on any atom is -0.388 e. The summed E-state index contributed by atoms with van der Waals surface area (Å²) in [5.74, 6) is 0.479. The van der Waals surface area contributed by atoms with Crippen molar-refractivity contribution in [3.05, 3.63) is 24.5 Å². The Bertz CT molecular complexity index is 670. The zero-order chi connectivity index (χ0) is 11.1. The molecule has 0 radical (unpaired) electrons. The molecule has 3 aromatic rings. The number of anilines is 2. The van der Waals surface area contributed by atoms with E-state index in [4.69, 9.17) is 5.73 Å². The van der Waals surface area contributed by atoms with Gasteiger partial charge in [0.2, 0.25) is 0 Å². The molecule has 5 nitrogen and oxygen atoms in total. The van der Waals surface area contributed by atoms with Crippen LogP contribution in [0.15, 0.2) is 24.5 Å². The highest BCUT2D eigenvalue weighted by Crippen LogP contribution is 2.27. The average Bonchev–Trinajstić information content (AvgIpc) is 2.68. The molecule has 0 amide bonds. The van der Waals surface area contributed by atoms with E-state index in [0.717, 1.165) is 27.6 Å². The predicted molar refractivity (Wildman–Crippen MR) is 65.4 cm³/mol. The molecule has 0 aliphatic carbocycles. The number of aromatic nitrogens is 3. The largest absolute Gasteiger partial charge is 0.388 e. The molecule has 80 valence electrons. The van der Waals surface area contributed by atoms with E-state index in [-0.39, 0.29) is 0 Å². The Morgan fingerprint density at radius 3 is 3.00 bits per heavy atom. The molecule has 16 heavy (non-hydrogen) atoms. The van der Waals surface area contributed by atoms with E-state index >= 15 is 0 Å². The number of nitrogens with one attached hydrogen (secondary N) is 2. The minimum absolute atomic E-state index is 0.479. The Morgan fingerprint density at radius 2 is 2.19 bits per heavy atom. The van der Waals surface area contributed by atoms with Crippen LogP contribution in [0.1, 0.15) is 0 Å². The van der Waals surface area contributed by atoms with Gasteiger partial charge in [-0.2, -0.15) is 0 Å². The molecule has 0 bridgehead atoms. The van der Waals surface area contributed by atoms with Gasteiger partial charge in [0.05, 0.1) is 0 Å². The van der Waals surface area contributed by atoms with Gasteiger partial charge in [-0.05, 0) is 18.2 Å². The van der Waals surface area contributed by atoms with Crippen molar-refractivity contribution in [3.8, 4) is 0 Å². The van der Waals surface area contributed by atoms with Crippen molar-refractivity contribution < 1.29 is 0 Å². The molecule has 3 rings (SSSR count). The molecular formula is C11H11N5. The lowest BCUT2D eigenvalue weighted by Gasteiger charge is -1.98. The van der Waals surface area contributed by atoms with E-state index in [1.807, 2.05) is 25.2 Å². The molecule has 5 heteroatoms. The molecular weight excluding hydrogens is 202 g/mol. The van der Waals surface area contributed by atoms with Crippen molar-refractivity contribution in [3.63, 3.8) is 0 Å². The predicted octanol–water partition coefficient (Wildman–Crippen LogP) is 1.73.